The lowest BCUT2D eigenvalue weighted by Crippen LogP contribution is -2.09. The molecule has 3 aromatic rings. The van der Waals surface area contributed by atoms with Crippen LogP contribution in [0.5, 0.6) is 0 Å². The first-order chi connectivity index (χ1) is 11.4. The molecular formula is C17H16FN3O2S. The molecule has 0 radical (unpaired) electrons. The Hall–Kier alpha value is -2.54. The molecule has 1 heterocycles. The summed E-state index contributed by atoms with van der Waals surface area (Å²) >= 11 is 0. The van der Waals surface area contributed by atoms with Crippen molar-refractivity contribution in [2.75, 3.05) is 11.6 Å². The number of benzene rings is 2. The van der Waals surface area contributed by atoms with Crippen LogP contribution in [-0.2, 0) is 9.84 Å². The summed E-state index contributed by atoms with van der Waals surface area (Å²) in [5.74, 6) is 0.127. The lowest BCUT2D eigenvalue weighted by molar-refractivity contribution is 0.602. The van der Waals surface area contributed by atoms with Crippen LogP contribution in [0, 0.1) is 5.82 Å². The van der Waals surface area contributed by atoms with Crippen molar-refractivity contribution in [1.82, 2.24) is 9.97 Å². The highest BCUT2D eigenvalue weighted by Gasteiger charge is 2.12. The van der Waals surface area contributed by atoms with Gasteiger partial charge < -0.3 is 5.32 Å². The van der Waals surface area contributed by atoms with Crippen LogP contribution in [-0.4, -0.2) is 24.6 Å². The van der Waals surface area contributed by atoms with E-state index in [1.807, 2.05) is 6.92 Å². The molecule has 0 aliphatic heterocycles. The summed E-state index contributed by atoms with van der Waals surface area (Å²) in [4.78, 5) is 8.42. The highest BCUT2D eigenvalue weighted by atomic mass is 32.2. The average Bonchev–Trinajstić information content (AvgIpc) is 2.55. The molecule has 0 spiro atoms. The highest BCUT2D eigenvalue weighted by molar-refractivity contribution is 7.90. The summed E-state index contributed by atoms with van der Waals surface area (Å²) in [6.07, 6.45) is 2.48. The highest BCUT2D eigenvalue weighted by Crippen LogP contribution is 2.25. The van der Waals surface area contributed by atoms with Gasteiger partial charge in [-0.2, -0.15) is 0 Å². The Morgan fingerprint density at radius 3 is 2.46 bits per heavy atom. The second kappa shape index (κ2) is 6.16. The molecule has 3 rings (SSSR count). The Morgan fingerprint density at radius 2 is 1.79 bits per heavy atom. The van der Waals surface area contributed by atoms with Gasteiger partial charge in [-0.15, -0.1) is 0 Å². The average molecular weight is 345 g/mol. The van der Waals surface area contributed by atoms with Gasteiger partial charge in [-0.1, -0.05) is 18.2 Å². The number of hydrogen-bond acceptors (Lipinski definition) is 5. The minimum Gasteiger partial charge on any atom is -0.363 e. The first kappa shape index (κ1) is 16.3. The summed E-state index contributed by atoms with van der Waals surface area (Å²) in [7, 11) is -3.22. The first-order valence-corrected chi connectivity index (χ1v) is 9.21. The summed E-state index contributed by atoms with van der Waals surface area (Å²) in [6.45, 7) is 1.92. The number of para-hydroxylation sites is 1. The quantitative estimate of drug-likeness (QED) is 0.785. The molecule has 2 aromatic carbocycles. The zero-order valence-corrected chi connectivity index (χ0v) is 14.0. The third kappa shape index (κ3) is 3.21. The van der Waals surface area contributed by atoms with Crippen LogP contribution in [0.3, 0.4) is 0 Å². The van der Waals surface area contributed by atoms with E-state index in [1.54, 1.807) is 36.4 Å². The molecule has 1 N–H and O–H groups in total. The Labute approximate surface area is 139 Å². The van der Waals surface area contributed by atoms with Crippen molar-refractivity contribution >= 4 is 26.6 Å². The van der Waals surface area contributed by atoms with Crippen molar-refractivity contribution in [2.24, 2.45) is 0 Å². The molecule has 0 bridgehead atoms. The van der Waals surface area contributed by atoms with Gasteiger partial charge in [-0.05, 0) is 36.8 Å². The van der Waals surface area contributed by atoms with Gasteiger partial charge in [0.15, 0.2) is 9.84 Å². The van der Waals surface area contributed by atoms with E-state index in [9.17, 15) is 12.8 Å². The van der Waals surface area contributed by atoms with E-state index < -0.39 is 15.7 Å². The second-order valence-electron chi connectivity index (χ2n) is 5.57. The minimum atomic E-state index is -3.22. The van der Waals surface area contributed by atoms with Gasteiger partial charge in [0.25, 0.3) is 0 Å². The van der Waals surface area contributed by atoms with Crippen molar-refractivity contribution in [3.63, 3.8) is 0 Å². The summed E-state index contributed by atoms with van der Waals surface area (Å²) in [5.41, 5.74) is 1.15. The van der Waals surface area contributed by atoms with Crippen LogP contribution in [0.15, 0.2) is 53.7 Å². The molecule has 1 unspecified atom stereocenters. The van der Waals surface area contributed by atoms with Gasteiger partial charge in [0.05, 0.1) is 4.90 Å². The maximum absolute atomic E-state index is 13.8. The van der Waals surface area contributed by atoms with Gasteiger partial charge in [-0.3, -0.25) is 0 Å². The fourth-order valence-corrected chi connectivity index (χ4v) is 3.09. The van der Waals surface area contributed by atoms with Crippen molar-refractivity contribution in [1.29, 1.82) is 0 Å². The Morgan fingerprint density at radius 1 is 1.08 bits per heavy atom. The number of nitrogens with zero attached hydrogens (tertiary/aromatic N) is 2. The van der Waals surface area contributed by atoms with Crippen LogP contribution in [0.25, 0.3) is 10.9 Å². The molecule has 1 aromatic heterocycles. The molecule has 24 heavy (non-hydrogen) atoms. The first-order valence-electron chi connectivity index (χ1n) is 7.32. The zero-order chi connectivity index (χ0) is 17.3. The molecule has 1 atom stereocenters. The number of halogens is 1. The third-order valence-corrected chi connectivity index (χ3v) is 4.91. The lowest BCUT2D eigenvalue weighted by Gasteiger charge is -2.16. The van der Waals surface area contributed by atoms with Gasteiger partial charge >= 0.3 is 0 Å². The predicted octanol–water partition coefficient (Wildman–Crippen LogP) is 3.35. The maximum Gasteiger partial charge on any atom is 0.175 e. The SMILES string of the molecule is CC(Nc1ncnc2c(F)cccc12)c1ccc(S(C)(=O)=O)cc1. The fourth-order valence-electron chi connectivity index (χ4n) is 2.46. The Balaban J connectivity index is 1.90. The van der Waals surface area contributed by atoms with Crippen LogP contribution in [0.2, 0.25) is 0 Å². The predicted molar refractivity (Wildman–Crippen MR) is 91.1 cm³/mol. The number of hydrogen-bond donors (Lipinski definition) is 1. The van der Waals surface area contributed by atoms with E-state index in [2.05, 4.69) is 15.3 Å². The zero-order valence-electron chi connectivity index (χ0n) is 13.2. The number of aromatic nitrogens is 2. The second-order valence-corrected chi connectivity index (χ2v) is 7.58. The Kier molecular flexibility index (Phi) is 4.19. The summed E-state index contributed by atoms with van der Waals surface area (Å²) in [6, 6.07) is 11.2. The van der Waals surface area contributed by atoms with Crippen LogP contribution in [0.4, 0.5) is 10.2 Å². The molecule has 124 valence electrons. The van der Waals surface area contributed by atoms with Crippen LogP contribution < -0.4 is 5.32 Å². The topological polar surface area (TPSA) is 72.0 Å². The van der Waals surface area contributed by atoms with Gasteiger partial charge in [0, 0.05) is 17.7 Å². The molecule has 0 fully saturated rings. The fraction of sp³-hybridized carbons (Fsp3) is 0.176. The lowest BCUT2D eigenvalue weighted by atomic mass is 10.1. The van der Waals surface area contributed by atoms with Gasteiger partial charge in [-0.25, -0.2) is 22.8 Å². The number of anilines is 1. The monoisotopic (exact) mass is 345 g/mol. The van der Waals surface area contributed by atoms with Crippen molar-refractivity contribution < 1.29 is 12.8 Å². The van der Waals surface area contributed by atoms with E-state index in [-0.39, 0.29) is 16.5 Å². The van der Waals surface area contributed by atoms with Gasteiger partial charge in [0.2, 0.25) is 0 Å². The standard InChI is InChI=1S/C17H16FN3O2S/c1-11(12-6-8-13(9-7-12)24(2,22)23)21-17-14-4-3-5-15(18)16(14)19-10-20-17/h3-11H,1-2H3,(H,19,20,21). The van der Waals surface area contributed by atoms with Crippen LogP contribution in [0.1, 0.15) is 18.5 Å². The number of sulfone groups is 1. The normalized spacial score (nSPS) is 13.0. The molecular weight excluding hydrogens is 329 g/mol. The van der Waals surface area contributed by atoms with E-state index in [1.165, 1.54) is 18.6 Å². The van der Waals surface area contributed by atoms with Crippen molar-refractivity contribution in [3.8, 4) is 0 Å². The third-order valence-electron chi connectivity index (χ3n) is 3.78. The van der Waals surface area contributed by atoms with E-state index in [4.69, 9.17) is 0 Å². The molecule has 0 amide bonds. The van der Waals surface area contributed by atoms with E-state index in [0.717, 1.165) is 5.56 Å². The molecule has 5 nitrogen and oxygen atoms in total. The molecule has 7 heteroatoms. The maximum atomic E-state index is 13.8. The summed E-state index contributed by atoms with van der Waals surface area (Å²) in [5, 5.41) is 3.81. The summed E-state index contributed by atoms with van der Waals surface area (Å²) < 4.78 is 36.8. The van der Waals surface area contributed by atoms with Crippen LogP contribution >= 0.6 is 0 Å². The number of fused-ring (bicyclic) bond motifs is 1. The minimum absolute atomic E-state index is 0.139. The van der Waals surface area contributed by atoms with E-state index >= 15 is 0 Å². The molecule has 0 aliphatic carbocycles. The number of nitrogens with one attached hydrogen (secondary N) is 1. The molecule has 0 aliphatic rings. The molecule has 0 saturated carbocycles. The Bertz CT molecular complexity index is 988. The van der Waals surface area contributed by atoms with Crippen molar-refractivity contribution in [3.05, 3.63) is 60.2 Å². The van der Waals surface area contributed by atoms with E-state index in [0.29, 0.717) is 11.2 Å². The van der Waals surface area contributed by atoms with Gasteiger partial charge in [0.1, 0.15) is 23.5 Å². The molecule has 0 saturated heterocycles. The smallest absolute Gasteiger partial charge is 0.175 e. The number of rotatable bonds is 4. The van der Waals surface area contributed by atoms with Crippen molar-refractivity contribution in [2.45, 2.75) is 17.9 Å². The largest absolute Gasteiger partial charge is 0.363 e.